The van der Waals surface area contributed by atoms with E-state index in [1.54, 1.807) is 25.1 Å². The van der Waals surface area contributed by atoms with Crippen LogP contribution in [0.5, 0.6) is 5.75 Å². The van der Waals surface area contributed by atoms with Crippen LogP contribution in [0.2, 0.25) is 0 Å². The molecule has 0 radical (unpaired) electrons. The fourth-order valence-electron chi connectivity index (χ4n) is 1.54. The number of likely N-dealkylation sites (N-methyl/N-ethyl adjacent to an activating group) is 1. The fraction of sp³-hybridized carbons (Fsp3) is 0.357. The second-order valence-electron chi connectivity index (χ2n) is 3.87. The molecule has 0 unspecified atom stereocenters. The molecule has 0 spiro atoms. The minimum absolute atomic E-state index is 0.118. The Morgan fingerprint density at radius 3 is 2.76 bits per heavy atom. The van der Waals surface area contributed by atoms with Crippen LogP contribution in [0.15, 0.2) is 24.8 Å². The molecule has 0 N–H and O–H groups in total. The fourth-order valence-corrected chi connectivity index (χ4v) is 1.54. The standard InChI is InChI=1S/C14H19NO2/c1-5-12-9-11(7-8-13(12)17-4)10-14(16)15(3)6-2/h5,7-9H,1,6,10H2,2-4H3. The van der Waals surface area contributed by atoms with Crippen molar-refractivity contribution >= 4 is 12.0 Å². The third kappa shape index (κ3) is 3.34. The van der Waals surface area contributed by atoms with E-state index in [0.717, 1.165) is 23.4 Å². The van der Waals surface area contributed by atoms with Crippen LogP contribution in [0, 0.1) is 0 Å². The average molecular weight is 233 g/mol. The zero-order valence-corrected chi connectivity index (χ0v) is 10.7. The number of rotatable bonds is 5. The van der Waals surface area contributed by atoms with Gasteiger partial charge in [-0.3, -0.25) is 4.79 Å². The van der Waals surface area contributed by atoms with Crippen LogP contribution >= 0.6 is 0 Å². The van der Waals surface area contributed by atoms with Crippen molar-refractivity contribution < 1.29 is 9.53 Å². The van der Waals surface area contributed by atoms with Gasteiger partial charge in [-0.25, -0.2) is 0 Å². The van der Waals surface area contributed by atoms with Gasteiger partial charge in [-0.2, -0.15) is 0 Å². The SMILES string of the molecule is C=Cc1cc(CC(=O)N(C)CC)ccc1OC. The van der Waals surface area contributed by atoms with E-state index < -0.39 is 0 Å². The molecule has 0 aliphatic rings. The Morgan fingerprint density at radius 2 is 2.24 bits per heavy atom. The van der Waals surface area contributed by atoms with Crippen molar-refractivity contribution in [3.05, 3.63) is 35.9 Å². The van der Waals surface area contributed by atoms with Crippen LogP contribution in [0.4, 0.5) is 0 Å². The Kier molecular flexibility index (Phi) is 4.76. The number of benzene rings is 1. The summed E-state index contributed by atoms with van der Waals surface area (Å²) in [6.07, 6.45) is 2.14. The topological polar surface area (TPSA) is 29.5 Å². The molecule has 0 bridgehead atoms. The van der Waals surface area contributed by atoms with Gasteiger partial charge in [0.1, 0.15) is 5.75 Å². The highest BCUT2D eigenvalue weighted by Crippen LogP contribution is 2.21. The molecule has 3 nitrogen and oxygen atoms in total. The molecular weight excluding hydrogens is 214 g/mol. The van der Waals surface area contributed by atoms with Crippen molar-refractivity contribution in [3.63, 3.8) is 0 Å². The Morgan fingerprint density at radius 1 is 1.53 bits per heavy atom. The smallest absolute Gasteiger partial charge is 0.226 e. The normalized spacial score (nSPS) is 9.82. The van der Waals surface area contributed by atoms with Crippen molar-refractivity contribution in [2.45, 2.75) is 13.3 Å². The van der Waals surface area contributed by atoms with E-state index >= 15 is 0 Å². The summed E-state index contributed by atoms with van der Waals surface area (Å²) in [5, 5.41) is 0. The van der Waals surface area contributed by atoms with Gasteiger partial charge in [-0.15, -0.1) is 0 Å². The van der Waals surface area contributed by atoms with Gasteiger partial charge >= 0.3 is 0 Å². The van der Waals surface area contributed by atoms with E-state index in [9.17, 15) is 4.79 Å². The molecule has 1 rings (SSSR count). The predicted octanol–water partition coefficient (Wildman–Crippen LogP) is 2.36. The Hall–Kier alpha value is -1.77. The second-order valence-corrected chi connectivity index (χ2v) is 3.87. The average Bonchev–Trinajstić information content (AvgIpc) is 2.37. The first kappa shape index (κ1) is 13.3. The van der Waals surface area contributed by atoms with Crippen LogP contribution in [-0.2, 0) is 11.2 Å². The van der Waals surface area contributed by atoms with Crippen molar-refractivity contribution in [2.75, 3.05) is 20.7 Å². The van der Waals surface area contributed by atoms with Crippen LogP contribution < -0.4 is 4.74 Å². The summed E-state index contributed by atoms with van der Waals surface area (Å²) in [6.45, 7) is 6.42. The number of methoxy groups -OCH3 is 1. The molecule has 0 aliphatic heterocycles. The number of hydrogen-bond donors (Lipinski definition) is 0. The van der Waals surface area contributed by atoms with Crippen LogP contribution in [0.3, 0.4) is 0 Å². The largest absolute Gasteiger partial charge is 0.496 e. The molecule has 0 saturated carbocycles. The molecule has 0 aromatic heterocycles. The van der Waals surface area contributed by atoms with E-state index in [0.29, 0.717) is 6.42 Å². The van der Waals surface area contributed by atoms with E-state index in [1.165, 1.54) is 0 Å². The second kappa shape index (κ2) is 6.09. The van der Waals surface area contributed by atoms with E-state index in [2.05, 4.69) is 6.58 Å². The summed E-state index contributed by atoms with van der Waals surface area (Å²) >= 11 is 0. The maximum absolute atomic E-state index is 11.8. The minimum Gasteiger partial charge on any atom is -0.496 e. The zero-order chi connectivity index (χ0) is 12.8. The third-order valence-corrected chi connectivity index (χ3v) is 2.77. The van der Waals surface area contributed by atoms with Crippen LogP contribution in [0.1, 0.15) is 18.1 Å². The van der Waals surface area contributed by atoms with Crippen molar-refractivity contribution in [1.29, 1.82) is 0 Å². The van der Waals surface area contributed by atoms with Crippen molar-refractivity contribution in [2.24, 2.45) is 0 Å². The van der Waals surface area contributed by atoms with Gasteiger partial charge in [0.2, 0.25) is 5.91 Å². The summed E-state index contributed by atoms with van der Waals surface area (Å²) in [6, 6.07) is 5.71. The lowest BCUT2D eigenvalue weighted by molar-refractivity contribution is -0.128. The van der Waals surface area contributed by atoms with E-state index in [1.807, 2.05) is 25.1 Å². The van der Waals surface area contributed by atoms with Crippen LogP contribution in [0.25, 0.3) is 6.08 Å². The molecule has 17 heavy (non-hydrogen) atoms. The van der Waals surface area contributed by atoms with Crippen molar-refractivity contribution in [1.82, 2.24) is 4.90 Å². The first-order valence-electron chi connectivity index (χ1n) is 5.65. The van der Waals surface area contributed by atoms with E-state index in [-0.39, 0.29) is 5.91 Å². The van der Waals surface area contributed by atoms with E-state index in [4.69, 9.17) is 4.74 Å². The Labute approximate surface area is 103 Å². The molecule has 0 fully saturated rings. The maximum atomic E-state index is 11.8. The van der Waals surface area contributed by atoms with Gasteiger partial charge in [0.05, 0.1) is 13.5 Å². The van der Waals surface area contributed by atoms with Gasteiger partial charge in [0.25, 0.3) is 0 Å². The van der Waals surface area contributed by atoms with Gasteiger partial charge in [-0.05, 0) is 24.6 Å². The monoisotopic (exact) mass is 233 g/mol. The number of carbonyl (C=O) groups excluding carboxylic acids is 1. The number of carbonyl (C=O) groups is 1. The minimum atomic E-state index is 0.118. The summed E-state index contributed by atoms with van der Waals surface area (Å²) in [7, 11) is 3.43. The molecule has 0 heterocycles. The maximum Gasteiger partial charge on any atom is 0.226 e. The lowest BCUT2D eigenvalue weighted by Gasteiger charge is -2.15. The first-order chi connectivity index (χ1) is 8.12. The summed E-state index contributed by atoms with van der Waals surface area (Å²) in [5.74, 6) is 0.896. The van der Waals surface area contributed by atoms with Crippen LogP contribution in [-0.4, -0.2) is 31.5 Å². The van der Waals surface area contributed by atoms with Gasteiger partial charge in [-0.1, -0.05) is 18.7 Å². The molecule has 0 atom stereocenters. The molecule has 3 heteroatoms. The molecule has 0 aliphatic carbocycles. The lowest BCUT2D eigenvalue weighted by Crippen LogP contribution is -2.27. The van der Waals surface area contributed by atoms with Gasteiger partial charge in [0, 0.05) is 19.2 Å². The van der Waals surface area contributed by atoms with Gasteiger partial charge < -0.3 is 9.64 Å². The zero-order valence-electron chi connectivity index (χ0n) is 10.7. The lowest BCUT2D eigenvalue weighted by atomic mass is 10.1. The Balaban J connectivity index is 2.86. The predicted molar refractivity (Wildman–Crippen MR) is 70.1 cm³/mol. The molecular formula is C14H19NO2. The number of amides is 1. The Bertz CT molecular complexity index is 413. The molecule has 1 amide bonds. The molecule has 0 saturated heterocycles. The number of hydrogen-bond acceptors (Lipinski definition) is 2. The highest BCUT2D eigenvalue weighted by atomic mass is 16.5. The quantitative estimate of drug-likeness (QED) is 0.781. The third-order valence-electron chi connectivity index (χ3n) is 2.77. The molecule has 92 valence electrons. The summed E-state index contributed by atoms with van der Waals surface area (Å²) in [5.41, 5.74) is 1.89. The van der Waals surface area contributed by atoms with Crippen molar-refractivity contribution in [3.8, 4) is 5.75 Å². The highest BCUT2D eigenvalue weighted by Gasteiger charge is 2.09. The first-order valence-corrected chi connectivity index (χ1v) is 5.65. The summed E-state index contributed by atoms with van der Waals surface area (Å²) < 4.78 is 5.20. The number of nitrogens with zero attached hydrogens (tertiary/aromatic N) is 1. The molecule has 1 aromatic carbocycles. The summed E-state index contributed by atoms with van der Waals surface area (Å²) in [4.78, 5) is 13.5. The molecule has 1 aromatic rings. The highest BCUT2D eigenvalue weighted by molar-refractivity contribution is 5.78. The van der Waals surface area contributed by atoms with Gasteiger partial charge in [0.15, 0.2) is 0 Å². The number of ether oxygens (including phenoxy) is 1.